The summed E-state index contributed by atoms with van der Waals surface area (Å²) >= 11 is 6.11. The fourth-order valence-electron chi connectivity index (χ4n) is 2.94. The normalized spacial score (nSPS) is 12.5. The van der Waals surface area contributed by atoms with Crippen molar-refractivity contribution in [3.63, 3.8) is 0 Å². The molecule has 0 bridgehead atoms. The van der Waals surface area contributed by atoms with Crippen LogP contribution in [0.1, 0.15) is 33.3 Å². The summed E-state index contributed by atoms with van der Waals surface area (Å²) in [6.45, 7) is 17.2. The molecule has 0 radical (unpaired) electrons. The molecule has 0 aromatic heterocycles. The first-order valence-corrected chi connectivity index (χ1v) is 10.6. The number of nitrogens with one attached hydrogen (secondary N) is 1. The van der Waals surface area contributed by atoms with Crippen molar-refractivity contribution < 1.29 is 0 Å². The third-order valence-corrected chi connectivity index (χ3v) is 4.92. The van der Waals surface area contributed by atoms with E-state index < -0.39 is 0 Å². The molecule has 0 unspecified atom stereocenters. The van der Waals surface area contributed by atoms with Crippen molar-refractivity contribution in [2.24, 2.45) is 10.9 Å². The Morgan fingerprint density at radius 1 is 1.07 bits per heavy atom. The van der Waals surface area contributed by atoms with E-state index in [1.807, 2.05) is 37.3 Å². The van der Waals surface area contributed by atoms with Crippen molar-refractivity contribution in [3.8, 4) is 11.1 Å². The SMILES string of the molecule is C=C(NCC(/C=C\C(=C)C(C)C)=C/C)c1c(/N=C(\C)Cl)cccc1-c1ccccc1. The molecule has 0 atom stereocenters. The maximum atomic E-state index is 6.11. The zero-order valence-corrected chi connectivity index (χ0v) is 19.1. The number of allylic oxidation sites excluding steroid dienone is 3. The minimum atomic E-state index is 0.430. The van der Waals surface area contributed by atoms with Gasteiger partial charge in [0.15, 0.2) is 0 Å². The Labute approximate surface area is 186 Å². The third kappa shape index (κ3) is 6.60. The second-order valence-electron chi connectivity index (χ2n) is 7.43. The summed E-state index contributed by atoms with van der Waals surface area (Å²) in [5.74, 6) is 0.430. The van der Waals surface area contributed by atoms with E-state index in [9.17, 15) is 0 Å². The fourth-order valence-corrected chi connectivity index (χ4v) is 3.03. The predicted octanol–water partition coefficient (Wildman–Crippen LogP) is 7.92. The summed E-state index contributed by atoms with van der Waals surface area (Å²) in [4.78, 5) is 4.53. The molecular formula is C27H31ClN2. The second-order valence-corrected chi connectivity index (χ2v) is 7.98. The molecular weight excluding hydrogens is 388 g/mol. The lowest BCUT2D eigenvalue weighted by atomic mass is 9.96. The van der Waals surface area contributed by atoms with E-state index >= 15 is 0 Å². The molecule has 2 aromatic carbocycles. The summed E-state index contributed by atoms with van der Waals surface area (Å²) in [7, 11) is 0. The molecule has 0 aliphatic carbocycles. The van der Waals surface area contributed by atoms with Gasteiger partial charge in [-0.2, -0.15) is 0 Å². The van der Waals surface area contributed by atoms with Crippen molar-refractivity contribution in [2.45, 2.75) is 27.7 Å². The highest BCUT2D eigenvalue weighted by atomic mass is 35.5. The van der Waals surface area contributed by atoms with Crippen LogP contribution in [0, 0.1) is 5.92 Å². The van der Waals surface area contributed by atoms with Crippen LogP contribution in [-0.4, -0.2) is 11.7 Å². The van der Waals surface area contributed by atoms with Crippen LogP contribution in [0.25, 0.3) is 16.8 Å². The molecule has 0 heterocycles. The maximum absolute atomic E-state index is 6.11. The van der Waals surface area contributed by atoms with Crippen LogP contribution in [0.4, 0.5) is 5.69 Å². The minimum Gasteiger partial charge on any atom is -0.381 e. The number of halogens is 1. The van der Waals surface area contributed by atoms with Crippen molar-refractivity contribution in [1.82, 2.24) is 5.32 Å². The van der Waals surface area contributed by atoms with Gasteiger partial charge in [-0.15, -0.1) is 0 Å². The second kappa shape index (κ2) is 11.4. The smallest absolute Gasteiger partial charge is 0.103 e. The van der Waals surface area contributed by atoms with Gasteiger partial charge < -0.3 is 5.32 Å². The highest BCUT2D eigenvalue weighted by Gasteiger charge is 2.13. The number of hydrogen-bond donors (Lipinski definition) is 1. The van der Waals surface area contributed by atoms with E-state index in [-0.39, 0.29) is 0 Å². The van der Waals surface area contributed by atoms with Crippen LogP contribution in [0.15, 0.2) is 96.1 Å². The van der Waals surface area contributed by atoms with Gasteiger partial charge in [-0.3, -0.25) is 0 Å². The molecule has 0 fully saturated rings. The Kier molecular flexibility index (Phi) is 8.89. The lowest BCUT2D eigenvalue weighted by Gasteiger charge is -2.17. The lowest BCUT2D eigenvalue weighted by molar-refractivity contribution is 0.795. The van der Waals surface area contributed by atoms with Gasteiger partial charge >= 0.3 is 0 Å². The van der Waals surface area contributed by atoms with Gasteiger partial charge in [-0.05, 0) is 42.5 Å². The van der Waals surface area contributed by atoms with Crippen LogP contribution < -0.4 is 5.32 Å². The van der Waals surface area contributed by atoms with E-state index in [0.29, 0.717) is 17.6 Å². The summed E-state index contributed by atoms with van der Waals surface area (Å²) in [6, 6.07) is 16.3. The highest BCUT2D eigenvalue weighted by molar-refractivity contribution is 6.65. The molecule has 2 aromatic rings. The number of benzene rings is 2. The Morgan fingerprint density at radius 3 is 2.37 bits per heavy atom. The molecule has 2 rings (SSSR count). The predicted molar refractivity (Wildman–Crippen MR) is 134 cm³/mol. The van der Waals surface area contributed by atoms with Gasteiger partial charge in [0.2, 0.25) is 0 Å². The van der Waals surface area contributed by atoms with Crippen LogP contribution in [0.3, 0.4) is 0 Å². The van der Waals surface area contributed by atoms with Crippen molar-refractivity contribution in [1.29, 1.82) is 0 Å². The molecule has 0 spiro atoms. The van der Waals surface area contributed by atoms with Crippen LogP contribution in [-0.2, 0) is 0 Å². The van der Waals surface area contributed by atoms with E-state index in [1.165, 1.54) is 0 Å². The summed E-state index contributed by atoms with van der Waals surface area (Å²) in [5, 5.41) is 3.96. The zero-order chi connectivity index (χ0) is 22.1. The Morgan fingerprint density at radius 2 is 1.77 bits per heavy atom. The molecule has 0 saturated heterocycles. The first-order chi connectivity index (χ1) is 14.3. The van der Waals surface area contributed by atoms with Crippen molar-refractivity contribution in [2.75, 3.05) is 6.54 Å². The average molecular weight is 419 g/mol. The molecule has 1 N–H and O–H groups in total. The van der Waals surface area contributed by atoms with Crippen molar-refractivity contribution in [3.05, 3.63) is 96.6 Å². The topological polar surface area (TPSA) is 24.4 Å². The first kappa shape index (κ1) is 23.4. The fraction of sp³-hybridized carbons (Fsp3) is 0.222. The summed E-state index contributed by atoms with van der Waals surface area (Å²) < 4.78 is 0. The average Bonchev–Trinajstić information content (AvgIpc) is 2.73. The van der Waals surface area contributed by atoms with Gasteiger partial charge in [-0.1, -0.05) is 105 Å². The van der Waals surface area contributed by atoms with Crippen LogP contribution in [0.2, 0.25) is 0 Å². The molecule has 0 aliphatic rings. The van der Waals surface area contributed by atoms with Crippen LogP contribution in [0.5, 0.6) is 0 Å². The van der Waals surface area contributed by atoms with E-state index in [1.54, 1.807) is 6.92 Å². The first-order valence-electron chi connectivity index (χ1n) is 10.2. The number of aliphatic imine (C=N–C) groups is 1. The van der Waals surface area contributed by atoms with Gasteiger partial charge in [0, 0.05) is 17.8 Å². The van der Waals surface area contributed by atoms with E-state index in [2.05, 4.69) is 73.7 Å². The van der Waals surface area contributed by atoms with E-state index in [0.717, 1.165) is 39.2 Å². The minimum absolute atomic E-state index is 0.430. The molecule has 2 nitrogen and oxygen atoms in total. The number of hydrogen-bond acceptors (Lipinski definition) is 2. The van der Waals surface area contributed by atoms with Gasteiger partial charge in [0.1, 0.15) is 5.17 Å². The number of nitrogens with zero attached hydrogens (tertiary/aromatic N) is 1. The zero-order valence-electron chi connectivity index (χ0n) is 18.4. The van der Waals surface area contributed by atoms with Gasteiger partial charge in [0.25, 0.3) is 0 Å². The summed E-state index contributed by atoms with van der Waals surface area (Å²) in [5.41, 5.74) is 7.01. The Hall–Kier alpha value is -2.84. The summed E-state index contributed by atoms with van der Waals surface area (Å²) in [6.07, 6.45) is 6.28. The maximum Gasteiger partial charge on any atom is 0.103 e. The Balaban J connectivity index is 2.34. The molecule has 156 valence electrons. The third-order valence-electron chi connectivity index (χ3n) is 4.83. The Bertz CT molecular complexity index is 975. The molecule has 0 saturated carbocycles. The molecule has 30 heavy (non-hydrogen) atoms. The highest BCUT2D eigenvalue weighted by Crippen LogP contribution is 2.35. The van der Waals surface area contributed by atoms with Gasteiger partial charge in [-0.25, -0.2) is 4.99 Å². The lowest BCUT2D eigenvalue weighted by Crippen LogP contribution is -2.15. The van der Waals surface area contributed by atoms with Crippen molar-refractivity contribution >= 4 is 28.2 Å². The number of rotatable bonds is 9. The van der Waals surface area contributed by atoms with Crippen LogP contribution >= 0.6 is 11.6 Å². The standard InChI is InChI=1S/C27H31ClN2/c1-7-23(17-16-20(4)19(2)3)18-29-21(5)27-25(24-12-9-8-10-13-24)14-11-15-26(27)30-22(6)28/h7-17,19,29H,4-5,18H2,1-3,6H3/b17-16-,23-7+,30-22+. The molecule has 0 aliphatic heterocycles. The quantitative estimate of drug-likeness (QED) is 0.324. The van der Waals surface area contributed by atoms with E-state index in [4.69, 9.17) is 11.6 Å². The monoisotopic (exact) mass is 418 g/mol. The molecule has 3 heteroatoms. The molecule has 0 amide bonds. The van der Waals surface area contributed by atoms with Gasteiger partial charge in [0.05, 0.1) is 5.69 Å². The largest absolute Gasteiger partial charge is 0.381 e.